The number of para-hydroxylation sites is 1. The van der Waals surface area contributed by atoms with Crippen molar-refractivity contribution in [2.45, 2.75) is 84.0 Å². The van der Waals surface area contributed by atoms with Gasteiger partial charge in [0, 0.05) is 6.54 Å². The van der Waals surface area contributed by atoms with E-state index in [9.17, 15) is 14.4 Å². The summed E-state index contributed by atoms with van der Waals surface area (Å²) in [5, 5.41) is 0. The summed E-state index contributed by atoms with van der Waals surface area (Å²) in [5.41, 5.74) is -3.31. The van der Waals surface area contributed by atoms with Gasteiger partial charge >= 0.3 is 12.1 Å². The molecule has 7 heteroatoms. The van der Waals surface area contributed by atoms with E-state index in [0.29, 0.717) is 12.1 Å². The van der Waals surface area contributed by atoms with Crippen LogP contribution in [0.5, 0.6) is 0 Å². The lowest BCUT2D eigenvalue weighted by Crippen LogP contribution is -2.62. The third-order valence-corrected chi connectivity index (χ3v) is 6.88. The van der Waals surface area contributed by atoms with Crippen LogP contribution in [0.25, 0.3) is 0 Å². The van der Waals surface area contributed by atoms with Crippen molar-refractivity contribution in [2.75, 3.05) is 6.54 Å². The Morgan fingerprint density at radius 2 is 1.59 bits per heavy atom. The number of hydrogen-bond acceptors (Lipinski definition) is 6. The molecule has 3 aliphatic rings. The minimum atomic E-state index is -1.53. The van der Waals surface area contributed by atoms with Crippen molar-refractivity contribution >= 4 is 29.2 Å². The zero-order chi connectivity index (χ0) is 23.9. The molecule has 2 fully saturated rings. The number of aliphatic imine (C=N–C) groups is 1. The predicted octanol–water partition coefficient (Wildman–Crippen LogP) is 4.34. The summed E-state index contributed by atoms with van der Waals surface area (Å²) in [5.74, 6) is -0.968. The van der Waals surface area contributed by atoms with Crippen LogP contribution in [0, 0.1) is 5.41 Å². The van der Waals surface area contributed by atoms with Gasteiger partial charge in [-0.2, -0.15) is 0 Å². The molecule has 1 amide bonds. The van der Waals surface area contributed by atoms with Crippen molar-refractivity contribution in [3.63, 3.8) is 0 Å². The first kappa shape index (κ1) is 22.5. The number of amides is 1. The fourth-order valence-electron chi connectivity index (χ4n) is 5.59. The molecule has 0 radical (unpaired) electrons. The Balaban J connectivity index is 1.93. The smallest absolute Gasteiger partial charge is 0.411 e. The number of fused-ring (bicyclic) bond motifs is 1. The number of ether oxygens (including phenoxy) is 2. The van der Waals surface area contributed by atoms with Gasteiger partial charge < -0.3 is 9.47 Å². The maximum atomic E-state index is 14.2. The molecule has 2 heterocycles. The van der Waals surface area contributed by atoms with Gasteiger partial charge in [-0.25, -0.2) is 4.79 Å². The molecule has 0 spiro atoms. The van der Waals surface area contributed by atoms with Gasteiger partial charge in [-0.1, -0.05) is 18.2 Å². The highest BCUT2D eigenvalue weighted by Gasteiger charge is 2.80. The minimum absolute atomic E-state index is 0.267. The highest BCUT2D eigenvalue weighted by atomic mass is 16.6. The number of nitrogens with zero attached hydrogens (tertiary/aromatic N) is 2. The van der Waals surface area contributed by atoms with E-state index in [1.165, 1.54) is 4.90 Å². The average molecular weight is 441 g/mol. The monoisotopic (exact) mass is 440 g/mol. The second-order valence-corrected chi connectivity index (χ2v) is 11.3. The van der Waals surface area contributed by atoms with Gasteiger partial charge in [-0.3, -0.25) is 19.5 Å². The van der Waals surface area contributed by atoms with Crippen LogP contribution in [0.1, 0.15) is 67.4 Å². The standard InChI is InChI=1S/C25H32N2O5/c1-21(2,3)31-19(29)23(7)18(28)24(8)17-25(23,15-11-9-10-12-16(15)26-17)13-14-27(24)20(30)32-22(4,5)6/h9-12H,13-14H2,1-8H3/t23-,24-,25-/m1/s1. The lowest BCUT2D eigenvalue weighted by atomic mass is 9.60. The molecule has 1 saturated carbocycles. The first-order valence-corrected chi connectivity index (χ1v) is 11.1. The van der Waals surface area contributed by atoms with Crippen LogP contribution >= 0.6 is 0 Å². The van der Waals surface area contributed by atoms with Crippen molar-refractivity contribution in [1.82, 2.24) is 4.90 Å². The van der Waals surface area contributed by atoms with Gasteiger partial charge in [-0.15, -0.1) is 0 Å². The first-order chi connectivity index (χ1) is 14.6. The largest absolute Gasteiger partial charge is 0.459 e. The summed E-state index contributed by atoms with van der Waals surface area (Å²) in [6.07, 6.45) is -0.215. The summed E-state index contributed by atoms with van der Waals surface area (Å²) < 4.78 is 11.4. The number of Topliss-reactive ketones (excluding diaryl/α,β-unsaturated/α-hetero) is 1. The molecule has 1 aliphatic carbocycles. The summed E-state index contributed by atoms with van der Waals surface area (Å²) >= 11 is 0. The van der Waals surface area contributed by atoms with Crippen LogP contribution in [0.3, 0.4) is 0 Å². The number of carbonyl (C=O) groups excluding carboxylic acids is 3. The number of carbonyl (C=O) groups is 3. The Kier molecular flexibility index (Phi) is 4.52. The van der Waals surface area contributed by atoms with Crippen LogP contribution in [0.2, 0.25) is 0 Å². The molecule has 1 aromatic rings. The number of esters is 1. The highest BCUT2D eigenvalue weighted by Crippen LogP contribution is 2.65. The molecule has 0 unspecified atom stereocenters. The Hall–Kier alpha value is -2.70. The van der Waals surface area contributed by atoms with Crippen LogP contribution in [-0.2, 0) is 24.5 Å². The predicted molar refractivity (Wildman–Crippen MR) is 120 cm³/mol. The van der Waals surface area contributed by atoms with Gasteiger partial charge in [0.25, 0.3) is 0 Å². The van der Waals surface area contributed by atoms with E-state index in [0.717, 1.165) is 11.3 Å². The summed E-state index contributed by atoms with van der Waals surface area (Å²) in [6, 6.07) is 7.58. The maximum Gasteiger partial charge on any atom is 0.411 e. The average Bonchev–Trinajstić information content (AvgIpc) is 3.04. The number of benzene rings is 1. The second-order valence-electron chi connectivity index (χ2n) is 11.3. The van der Waals surface area contributed by atoms with E-state index >= 15 is 0 Å². The van der Waals surface area contributed by atoms with Crippen LogP contribution in [0.4, 0.5) is 10.5 Å². The Morgan fingerprint density at radius 3 is 2.19 bits per heavy atom. The summed E-state index contributed by atoms with van der Waals surface area (Å²) in [4.78, 5) is 47.4. The molecule has 0 N–H and O–H groups in total. The van der Waals surface area contributed by atoms with Crippen molar-refractivity contribution in [2.24, 2.45) is 10.4 Å². The molecule has 2 bridgehead atoms. The lowest BCUT2D eigenvalue weighted by Gasteiger charge is -2.45. The van der Waals surface area contributed by atoms with Crippen molar-refractivity contribution < 1.29 is 23.9 Å². The van der Waals surface area contributed by atoms with Crippen LogP contribution in [0.15, 0.2) is 29.3 Å². The van der Waals surface area contributed by atoms with Gasteiger partial charge in [0.15, 0.2) is 5.78 Å². The molecule has 2 aliphatic heterocycles. The summed E-state index contributed by atoms with van der Waals surface area (Å²) in [7, 11) is 0. The number of piperidine rings is 1. The van der Waals surface area contributed by atoms with E-state index in [-0.39, 0.29) is 12.3 Å². The molecule has 4 rings (SSSR count). The second kappa shape index (κ2) is 6.42. The quantitative estimate of drug-likeness (QED) is 0.479. The molecule has 32 heavy (non-hydrogen) atoms. The van der Waals surface area contributed by atoms with Crippen LogP contribution < -0.4 is 0 Å². The Bertz CT molecular complexity index is 1060. The first-order valence-electron chi connectivity index (χ1n) is 11.1. The zero-order valence-corrected chi connectivity index (χ0v) is 20.2. The van der Waals surface area contributed by atoms with Crippen LogP contribution in [-0.4, -0.2) is 51.7 Å². The van der Waals surface area contributed by atoms with Crippen molar-refractivity contribution in [3.05, 3.63) is 29.8 Å². The Morgan fingerprint density at radius 1 is 1.00 bits per heavy atom. The third kappa shape index (κ3) is 2.72. The zero-order valence-electron chi connectivity index (χ0n) is 20.2. The highest BCUT2D eigenvalue weighted by molar-refractivity contribution is 6.35. The van der Waals surface area contributed by atoms with Crippen molar-refractivity contribution in [3.8, 4) is 0 Å². The minimum Gasteiger partial charge on any atom is -0.459 e. The van der Waals surface area contributed by atoms with E-state index in [1.54, 1.807) is 55.4 Å². The molecule has 7 nitrogen and oxygen atoms in total. The topological polar surface area (TPSA) is 85.3 Å². The fourth-order valence-corrected chi connectivity index (χ4v) is 5.59. The molecule has 172 valence electrons. The molecule has 1 saturated heterocycles. The van der Waals surface area contributed by atoms with E-state index in [1.807, 2.05) is 24.3 Å². The Labute approximate surface area is 189 Å². The SMILES string of the molecule is CC(C)(C)OC(=O)N1CC[C@]23C(=Nc4ccccc42)[C@]1(C)C(=O)[C@]3(C)C(=O)OC(C)(C)C. The van der Waals surface area contributed by atoms with Gasteiger partial charge in [-0.05, 0) is 73.4 Å². The van der Waals surface area contributed by atoms with Gasteiger partial charge in [0.1, 0.15) is 22.2 Å². The lowest BCUT2D eigenvalue weighted by molar-refractivity contribution is -0.171. The van der Waals surface area contributed by atoms with Gasteiger partial charge in [0.05, 0.1) is 16.8 Å². The number of ketones is 1. The van der Waals surface area contributed by atoms with E-state index in [4.69, 9.17) is 14.5 Å². The molecular weight excluding hydrogens is 408 g/mol. The van der Waals surface area contributed by atoms with Crippen molar-refractivity contribution in [1.29, 1.82) is 0 Å². The molecule has 3 atom stereocenters. The maximum absolute atomic E-state index is 14.2. The fraction of sp³-hybridized carbons (Fsp3) is 0.600. The molecule has 1 aromatic carbocycles. The number of hydrogen-bond donors (Lipinski definition) is 0. The normalized spacial score (nSPS) is 31.1. The number of rotatable bonds is 1. The summed E-state index contributed by atoms with van der Waals surface area (Å²) in [6.45, 7) is 14.3. The van der Waals surface area contributed by atoms with E-state index < -0.39 is 39.6 Å². The van der Waals surface area contributed by atoms with E-state index in [2.05, 4.69) is 0 Å². The number of likely N-dealkylation sites (tertiary alicyclic amines) is 1. The third-order valence-electron chi connectivity index (χ3n) is 6.88. The molecule has 0 aromatic heterocycles. The van der Waals surface area contributed by atoms with Gasteiger partial charge in [0.2, 0.25) is 0 Å². The molecular formula is C25H32N2O5.